The van der Waals surface area contributed by atoms with Crippen molar-refractivity contribution < 1.29 is 13.2 Å². The first-order valence-corrected chi connectivity index (χ1v) is 10.7. The maximum Gasteiger partial charge on any atom is 0.261 e. The number of carbonyl (C=O) groups is 1. The van der Waals surface area contributed by atoms with Gasteiger partial charge in [0.05, 0.1) is 10.6 Å². The van der Waals surface area contributed by atoms with E-state index >= 15 is 0 Å². The number of sulfonamides is 1. The summed E-state index contributed by atoms with van der Waals surface area (Å²) in [6.45, 7) is 7.55. The van der Waals surface area contributed by atoms with Gasteiger partial charge in [0.25, 0.3) is 15.9 Å². The normalized spacial score (nSPS) is 11.2. The summed E-state index contributed by atoms with van der Waals surface area (Å²) in [5.74, 6) is -0.286. The summed E-state index contributed by atoms with van der Waals surface area (Å²) >= 11 is 0. The molecule has 5 nitrogen and oxygen atoms in total. The third kappa shape index (κ3) is 4.66. The topological polar surface area (TPSA) is 75.3 Å². The second-order valence-electron chi connectivity index (χ2n) is 7.17. The number of amides is 1. The van der Waals surface area contributed by atoms with Crippen LogP contribution in [0.3, 0.4) is 0 Å². The molecule has 0 fully saturated rings. The summed E-state index contributed by atoms with van der Waals surface area (Å²) in [6, 6.07) is 17.4. The molecular formula is C23H24N2O3S. The Balaban J connectivity index is 1.87. The fourth-order valence-electron chi connectivity index (χ4n) is 3.06. The number of rotatable bonds is 5. The van der Waals surface area contributed by atoms with Crippen molar-refractivity contribution in [1.82, 2.24) is 0 Å². The Hall–Kier alpha value is -3.12. The van der Waals surface area contributed by atoms with Crippen LogP contribution in [0.15, 0.2) is 65.6 Å². The van der Waals surface area contributed by atoms with Gasteiger partial charge in [-0.15, -0.1) is 0 Å². The third-order valence-corrected chi connectivity index (χ3v) is 6.17. The number of hydrogen-bond donors (Lipinski definition) is 2. The molecule has 29 heavy (non-hydrogen) atoms. The SMILES string of the molecule is Cc1ccc(S(=O)(=O)Nc2cccc(C(=O)Nc3ccc(C)cc3C)c2C)cc1. The van der Waals surface area contributed by atoms with E-state index in [4.69, 9.17) is 0 Å². The summed E-state index contributed by atoms with van der Waals surface area (Å²) in [5.41, 5.74) is 5.13. The number of hydrogen-bond acceptors (Lipinski definition) is 3. The molecule has 3 aromatic rings. The van der Waals surface area contributed by atoms with Crippen molar-refractivity contribution in [1.29, 1.82) is 0 Å². The van der Waals surface area contributed by atoms with Gasteiger partial charge in [0.2, 0.25) is 0 Å². The van der Waals surface area contributed by atoms with Gasteiger partial charge in [-0.05, 0) is 69.2 Å². The fraction of sp³-hybridized carbons (Fsp3) is 0.174. The van der Waals surface area contributed by atoms with Crippen molar-refractivity contribution in [2.75, 3.05) is 10.0 Å². The third-order valence-electron chi connectivity index (χ3n) is 4.78. The molecule has 0 aliphatic carbocycles. The summed E-state index contributed by atoms with van der Waals surface area (Å²) in [7, 11) is -3.75. The molecule has 0 spiro atoms. The lowest BCUT2D eigenvalue weighted by atomic mass is 10.1. The Kier molecular flexibility index (Phi) is 5.75. The van der Waals surface area contributed by atoms with Gasteiger partial charge in [0.15, 0.2) is 0 Å². The van der Waals surface area contributed by atoms with Gasteiger partial charge >= 0.3 is 0 Å². The average Bonchev–Trinajstić information content (AvgIpc) is 2.66. The first-order chi connectivity index (χ1) is 13.7. The highest BCUT2D eigenvalue weighted by atomic mass is 32.2. The van der Waals surface area contributed by atoms with E-state index in [1.54, 1.807) is 49.4 Å². The number of aryl methyl sites for hydroxylation is 3. The van der Waals surface area contributed by atoms with E-state index in [1.165, 1.54) is 0 Å². The minimum absolute atomic E-state index is 0.174. The molecule has 6 heteroatoms. The number of benzene rings is 3. The Morgan fingerprint density at radius 3 is 2.10 bits per heavy atom. The molecule has 0 bridgehead atoms. The molecule has 0 aliphatic heterocycles. The molecule has 0 radical (unpaired) electrons. The molecule has 0 aliphatic rings. The largest absolute Gasteiger partial charge is 0.322 e. The zero-order chi connectivity index (χ0) is 21.2. The molecule has 0 heterocycles. The van der Waals surface area contributed by atoms with Crippen LogP contribution in [-0.4, -0.2) is 14.3 Å². The predicted octanol–water partition coefficient (Wildman–Crippen LogP) is 4.97. The van der Waals surface area contributed by atoms with Crippen LogP contribution in [0.1, 0.15) is 32.6 Å². The van der Waals surface area contributed by atoms with E-state index in [9.17, 15) is 13.2 Å². The van der Waals surface area contributed by atoms with E-state index in [2.05, 4.69) is 10.0 Å². The molecule has 2 N–H and O–H groups in total. The number of nitrogens with one attached hydrogen (secondary N) is 2. The number of carbonyl (C=O) groups excluding carboxylic acids is 1. The zero-order valence-corrected chi connectivity index (χ0v) is 17.7. The van der Waals surface area contributed by atoms with Crippen LogP contribution in [0.2, 0.25) is 0 Å². The first kappa shape index (κ1) is 20.6. The Morgan fingerprint density at radius 2 is 1.45 bits per heavy atom. The Bertz CT molecular complexity index is 1170. The second-order valence-corrected chi connectivity index (χ2v) is 8.85. The van der Waals surface area contributed by atoms with E-state index in [1.807, 2.05) is 39.0 Å². The fourth-order valence-corrected chi connectivity index (χ4v) is 4.18. The van der Waals surface area contributed by atoms with Crippen molar-refractivity contribution >= 4 is 27.3 Å². The lowest BCUT2D eigenvalue weighted by molar-refractivity contribution is 0.102. The van der Waals surface area contributed by atoms with Gasteiger partial charge in [-0.1, -0.05) is 41.5 Å². The predicted molar refractivity (Wildman–Crippen MR) is 117 cm³/mol. The van der Waals surface area contributed by atoms with Gasteiger partial charge in [0.1, 0.15) is 0 Å². The summed E-state index contributed by atoms with van der Waals surface area (Å²) < 4.78 is 28.0. The summed E-state index contributed by atoms with van der Waals surface area (Å²) in [6.07, 6.45) is 0. The highest BCUT2D eigenvalue weighted by Gasteiger charge is 2.18. The molecule has 0 atom stereocenters. The van der Waals surface area contributed by atoms with Crippen LogP contribution < -0.4 is 10.0 Å². The van der Waals surface area contributed by atoms with Gasteiger partial charge in [-0.2, -0.15) is 0 Å². The lowest BCUT2D eigenvalue weighted by Gasteiger charge is -2.15. The molecule has 0 unspecified atom stereocenters. The molecule has 150 valence electrons. The van der Waals surface area contributed by atoms with E-state index in [-0.39, 0.29) is 10.8 Å². The smallest absolute Gasteiger partial charge is 0.261 e. The Labute approximate surface area is 171 Å². The molecule has 0 aromatic heterocycles. The molecule has 3 rings (SSSR count). The molecule has 1 amide bonds. The quantitative estimate of drug-likeness (QED) is 0.626. The van der Waals surface area contributed by atoms with Crippen LogP contribution in [0.25, 0.3) is 0 Å². The van der Waals surface area contributed by atoms with E-state index in [0.717, 1.165) is 22.4 Å². The maximum absolute atomic E-state index is 12.8. The summed E-state index contributed by atoms with van der Waals surface area (Å²) in [4.78, 5) is 13.0. The van der Waals surface area contributed by atoms with Crippen molar-refractivity contribution in [3.63, 3.8) is 0 Å². The second kappa shape index (κ2) is 8.09. The van der Waals surface area contributed by atoms with Crippen molar-refractivity contribution in [2.24, 2.45) is 0 Å². The van der Waals surface area contributed by atoms with Gasteiger partial charge in [-0.25, -0.2) is 8.42 Å². The molecule has 0 saturated carbocycles. The van der Waals surface area contributed by atoms with Crippen molar-refractivity contribution in [3.8, 4) is 0 Å². The first-order valence-electron chi connectivity index (χ1n) is 9.25. The minimum Gasteiger partial charge on any atom is -0.322 e. The van der Waals surface area contributed by atoms with Crippen LogP contribution in [0.4, 0.5) is 11.4 Å². The van der Waals surface area contributed by atoms with Crippen LogP contribution in [0.5, 0.6) is 0 Å². The van der Waals surface area contributed by atoms with E-state index < -0.39 is 10.0 Å². The highest BCUT2D eigenvalue weighted by Crippen LogP contribution is 2.24. The zero-order valence-electron chi connectivity index (χ0n) is 16.9. The van der Waals surface area contributed by atoms with Gasteiger partial charge in [0, 0.05) is 11.3 Å². The molecular weight excluding hydrogens is 384 g/mol. The van der Waals surface area contributed by atoms with Gasteiger partial charge < -0.3 is 5.32 Å². The Morgan fingerprint density at radius 1 is 0.793 bits per heavy atom. The standard InChI is InChI=1S/C23H24N2O3S/c1-15-8-11-19(12-9-15)29(27,28)25-22-7-5-6-20(18(22)4)23(26)24-21-13-10-16(2)14-17(21)3/h5-14,25H,1-4H3,(H,24,26). The lowest BCUT2D eigenvalue weighted by Crippen LogP contribution is -2.17. The average molecular weight is 409 g/mol. The molecule has 0 saturated heterocycles. The van der Waals surface area contributed by atoms with Crippen LogP contribution in [0, 0.1) is 27.7 Å². The number of anilines is 2. The highest BCUT2D eigenvalue weighted by molar-refractivity contribution is 7.92. The van der Waals surface area contributed by atoms with Gasteiger partial charge in [-0.3, -0.25) is 9.52 Å². The van der Waals surface area contributed by atoms with Crippen LogP contribution in [-0.2, 0) is 10.0 Å². The monoisotopic (exact) mass is 408 g/mol. The molecule has 3 aromatic carbocycles. The van der Waals surface area contributed by atoms with Crippen LogP contribution >= 0.6 is 0 Å². The van der Waals surface area contributed by atoms with E-state index in [0.29, 0.717) is 16.8 Å². The summed E-state index contributed by atoms with van der Waals surface area (Å²) in [5, 5.41) is 2.91. The van der Waals surface area contributed by atoms with Crippen molar-refractivity contribution in [3.05, 3.63) is 88.5 Å². The maximum atomic E-state index is 12.8. The minimum atomic E-state index is -3.75. The van der Waals surface area contributed by atoms with Crippen molar-refractivity contribution in [2.45, 2.75) is 32.6 Å².